The molecule has 2 nitrogen and oxygen atoms in total. The number of rotatable bonds is 2. The topological polar surface area (TPSA) is 32.9 Å². The summed E-state index contributed by atoms with van der Waals surface area (Å²) in [6, 6.07) is 8.36. The van der Waals surface area contributed by atoms with E-state index in [0.717, 1.165) is 11.2 Å². The highest BCUT2D eigenvalue weighted by Crippen LogP contribution is 2.53. The molecule has 3 rings (SSSR count). The maximum absolute atomic E-state index is 12.6. The van der Waals surface area contributed by atoms with Crippen molar-refractivity contribution >= 4 is 40.2 Å². The summed E-state index contributed by atoms with van der Waals surface area (Å²) in [5.74, 6) is 0.630. The Morgan fingerprint density at radius 2 is 1.95 bits per heavy atom. The number of ketones is 1. The molecular formula is C15H17NOS2. The zero-order chi connectivity index (χ0) is 13.6. The molecule has 0 radical (unpaired) electrons. The number of hydrogen-bond donors (Lipinski definition) is 1. The van der Waals surface area contributed by atoms with Gasteiger partial charge in [0.25, 0.3) is 0 Å². The number of fused-ring (bicyclic) bond motifs is 3. The lowest BCUT2D eigenvalue weighted by molar-refractivity contribution is -0.120. The normalized spacial score (nSPS) is 21.6. The van der Waals surface area contributed by atoms with E-state index in [-0.39, 0.29) is 0 Å². The van der Waals surface area contributed by atoms with Crippen molar-refractivity contribution in [2.45, 2.75) is 23.3 Å². The van der Waals surface area contributed by atoms with Crippen LogP contribution in [-0.2, 0) is 8.87 Å². The molecule has 0 spiro atoms. The minimum absolute atomic E-state index is 0.297. The molecule has 2 aromatic rings. The first-order valence-corrected chi connectivity index (χ1v) is 8.83. The SMILES string of the molecule is CSC1(SC)C(=O)CC(C)c2c1[nH]c1ccccc21. The second-order valence-corrected chi connectivity index (χ2v) is 7.31. The van der Waals surface area contributed by atoms with Crippen LogP contribution in [0.5, 0.6) is 0 Å². The number of aromatic nitrogens is 1. The van der Waals surface area contributed by atoms with E-state index in [0.29, 0.717) is 18.1 Å². The quantitative estimate of drug-likeness (QED) is 0.845. The standard InChI is InChI=1S/C15H17NOS2/c1-9-8-12(17)15(18-2,19-3)14-13(9)10-6-4-5-7-11(10)16-14/h4-7,9,16H,8H2,1-3H3. The van der Waals surface area contributed by atoms with E-state index in [4.69, 9.17) is 0 Å². The summed E-state index contributed by atoms with van der Waals surface area (Å²) in [5, 5.41) is 1.27. The predicted octanol–water partition coefficient (Wildman–Crippen LogP) is 4.12. The third-order valence-electron chi connectivity index (χ3n) is 4.00. The van der Waals surface area contributed by atoms with Crippen molar-refractivity contribution in [3.63, 3.8) is 0 Å². The summed E-state index contributed by atoms with van der Waals surface area (Å²) in [6.07, 6.45) is 4.69. The summed E-state index contributed by atoms with van der Waals surface area (Å²) >= 11 is 3.29. The molecule has 1 aliphatic rings. The van der Waals surface area contributed by atoms with Crippen molar-refractivity contribution in [2.75, 3.05) is 12.5 Å². The van der Waals surface area contributed by atoms with E-state index < -0.39 is 4.08 Å². The average molecular weight is 291 g/mol. The van der Waals surface area contributed by atoms with Gasteiger partial charge in [-0.15, -0.1) is 23.5 Å². The van der Waals surface area contributed by atoms with Gasteiger partial charge in [-0.3, -0.25) is 4.79 Å². The molecule has 1 heterocycles. The fourth-order valence-electron chi connectivity index (χ4n) is 3.10. The molecule has 1 aliphatic carbocycles. The monoisotopic (exact) mass is 291 g/mol. The number of para-hydroxylation sites is 1. The van der Waals surface area contributed by atoms with Crippen molar-refractivity contribution in [1.82, 2.24) is 4.98 Å². The Labute approximate surface area is 121 Å². The van der Waals surface area contributed by atoms with Gasteiger partial charge in [-0.1, -0.05) is 25.1 Å². The number of nitrogens with one attached hydrogen (secondary N) is 1. The highest BCUT2D eigenvalue weighted by atomic mass is 32.2. The summed E-state index contributed by atoms with van der Waals surface area (Å²) in [4.78, 5) is 16.1. The summed E-state index contributed by atoms with van der Waals surface area (Å²) < 4.78 is -0.457. The van der Waals surface area contributed by atoms with Crippen LogP contribution in [0.25, 0.3) is 10.9 Å². The van der Waals surface area contributed by atoms with Crippen LogP contribution in [0.4, 0.5) is 0 Å². The molecule has 0 bridgehead atoms. The van der Waals surface area contributed by atoms with Gasteiger partial charge < -0.3 is 4.98 Å². The van der Waals surface area contributed by atoms with Crippen molar-refractivity contribution in [1.29, 1.82) is 0 Å². The van der Waals surface area contributed by atoms with Crippen LogP contribution < -0.4 is 0 Å². The van der Waals surface area contributed by atoms with E-state index >= 15 is 0 Å². The van der Waals surface area contributed by atoms with Gasteiger partial charge in [-0.25, -0.2) is 0 Å². The molecule has 1 aromatic heterocycles. The first kappa shape index (κ1) is 13.1. The lowest BCUT2D eigenvalue weighted by atomic mass is 9.85. The van der Waals surface area contributed by atoms with Gasteiger partial charge in [-0.05, 0) is 30.1 Å². The molecule has 4 heteroatoms. The molecule has 0 amide bonds. The highest BCUT2D eigenvalue weighted by Gasteiger charge is 2.46. The molecule has 0 saturated heterocycles. The highest BCUT2D eigenvalue weighted by molar-refractivity contribution is 8.18. The third-order valence-corrected chi connectivity index (χ3v) is 7.02. The number of carbonyl (C=O) groups excluding carboxylic acids is 1. The molecule has 1 N–H and O–H groups in total. The number of aromatic amines is 1. The van der Waals surface area contributed by atoms with Gasteiger partial charge in [0.15, 0.2) is 9.86 Å². The van der Waals surface area contributed by atoms with Gasteiger partial charge in [0.1, 0.15) is 0 Å². The average Bonchev–Trinajstić information content (AvgIpc) is 2.80. The molecule has 0 aliphatic heterocycles. The zero-order valence-corrected chi connectivity index (χ0v) is 13.0. The van der Waals surface area contributed by atoms with Crippen LogP contribution >= 0.6 is 23.5 Å². The number of H-pyrrole nitrogens is 1. The van der Waals surface area contributed by atoms with Crippen LogP contribution in [0.15, 0.2) is 24.3 Å². The molecule has 1 unspecified atom stereocenters. The molecule has 0 saturated carbocycles. The van der Waals surface area contributed by atoms with Crippen molar-refractivity contribution in [3.05, 3.63) is 35.5 Å². The predicted molar refractivity (Wildman–Crippen MR) is 85.0 cm³/mol. The molecule has 19 heavy (non-hydrogen) atoms. The largest absolute Gasteiger partial charge is 0.356 e. The van der Waals surface area contributed by atoms with Gasteiger partial charge in [-0.2, -0.15) is 0 Å². The maximum atomic E-state index is 12.6. The lowest BCUT2D eigenvalue weighted by Crippen LogP contribution is -2.35. The maximum Gasteiger partial charge on any atom is 0.165 e. The van der Waals surface area contributed by atoms with E-state index in [2.05, 4.69) is 30.1 Å². The summed E-state index contributed by atoms with van der Waals surface area (Å²) in [6.45, 7) is 2.15. The Morgan fingerprint density at radius 1 is 1.26 bits per heavy atom. The first-order chi connectivity index (χ1) is 9.14. The Hall–Kier alpha value is -0.870. The molecule has 0 fully saturated rings. The zero-order valence-electron chi connectivity index (χ0n) is 11.3. The minimum atomic E-state index is -0.457. The number of Topliss-reactive ketones (excluding diaryl/α,β-unsaturated/α-hetero) is 1. The number of thioether (sulfide) groups is 2. The fraction of sp³-hybridized carbons (Fsp3) is 0.400. The smallest absolute Gasteiger partial charge is 0.165 e. The van der Waals surface area contributed by atoms with Crippen LogP contribution in [0, 0.1) is 0 Å². The number of benzene rings is 1. The Kier molecular flexibility index (Phi) is 3.18. The second-order valence-electron chi connectivity index (χ2n) is 5.01. The number of carbonyl (C=O) groups is 1. The van der Waals surface area contributed by atoms with Gasteiger partial charge in [0, 0.05) is 17.3 Å². The van der Waals surface area contributed by atoms with E-state index in [1.165, 1.54) is 10.9 Å². The summed E-state index contributed by atoms with van der Waals surface area (Å²) in [5.41, 5.74) is 3.58. The Bertz CT molecular complexity index is 643. The van der Waals surface area contributed by atoms with Crippen molar-refractivity contribution < 1.29 is 4.79 Å². The van der Waals surface area contributed by atoms with Gasteiger partial charge in [0.2, 0.25) is 0 Å². The third kappa shape index (κ3) is 1.69. The van der Waals surface area contributed by atoms with Crippen molar-refractivity contribution in [3.8, 4) is 0 Å². The van der Waals surface area contributed by atoms with Crippen LogP contribution in [0.2, 0.25) is 0 Å². The first-order valence-electron chi connectivity index (χ1n) is 6.38. The van der Waals surface area contributed by atoms with Crippen LogP contribution in [-0.4, -0.2) is 23.3 Å². The van der Waals surface area contributed by atoms with Crippen molar-refractivity contribution in [2.24, 2.45) is 0 Å². The van der Waals surface area contributed by atoms with Crippen LogP contribution in [0.3, 0.4) is 0 Å². The van der Waals surface area contributed by atoms with E-state index in [1.807, 2.05) is 18.6 Å². The summed E-state index contributed by atoms with van der Waals surface area (Å²) in [7, 11) is 0. The molecule has 1 aromatic carbocycles. The Balaban J connectivity index is 2.36. The van der Waals surface area contributed by atoms with Gasteiger partial charge >= 0.3 is 0 Å². The molecule has 100 valence electrons. The molecular weight excluding hydrogens is 274 g/mol. The van der Waals surface area contributed by atoms with E-state index in [9.17, 15) is 4.79 Å². The fourth-order valence-corrected chi connectivity index (χ4v) is 5.12. The van der Waals surface area contributed by atoms with Gasteiger partial charge in [0.05, 0.1) is 5.69 Å². The van der Waals surface area contributed by atoms with E-state index in [1.54, 1.807) is 23.5 Å². The molecule has 1 atom stereocenters. The Morgan fingerprint density at radius 3 is 2.63 bits per heavy atom. The second kappa shape index (κ2) is 4.60. The number of hydrogen-bond acceptors (Lipinski definition) is 3. The minimum Gasteiger partial charge on any atom is -0.356 e. The lowest BCUT2D eigenvalue weighted by Gasteiger charge is -2.35. The van der Waals surface area contributed by atoms with Crippen LogP contribution in [0.1, 0.15) is 30.5 Å².